The first kappa shape index (κ1) is 18.6. The number of sulfone groups is 1. The minimum absolute atomic E-state index is 0.109. The quantitative estimate of drug-likeness (QED) is 0.728. The molecule has 1 atom stereocenters. The molecule has 1 aliphatic heterocycles. The van der Waals surface area contributed by atoms with E-state index in [0.717, 1.165) is 29.3 Å². The number of amides is 1. The summed E-state index contributed by atoms with van der Waals surface area (Å²) in [6.07, 6.45) is 1.48. The number of benzene rings is 2. The Labute approximate surface area is 154 Å². The van der Waals surface area contributed by atoms with E-state index >= 15 is 0 Å². The van der Waals surface area contributed by atoms with Gasteiger partial charge in [0.05, 0.1) is 17.5 Å². The predicted molar refractivity (Wildman–Crippen MR) is 97.7 cm³/mol. The molecule has 1 amide bonds. The summed E-state index contributed by atoms with van der Waals surface area (Å²) in [5.74, 6) is -2.09. The lowest BCUT2D eigenvalue weighted by molar-refractivity contribution is -0.116. The first-order valence-electron chi connectivity index (χ1n) is 7.72. The highest BCUT2D eigenvalue weighted by Gasteiger charge is 2.31. The molecular weight excluding hydrogens is 380 g/mol. The fourth-order valence-electron chi connectivity index (χ4n) is 2.63. The molecule has 0 radical (unpaired) electrons. The van der Waals surface area contributed by atoms with Crippen LogP contribution in [0.1, 0.15) is 0 Å². The Morgan fingerprint density at radius 3 is 2.50 bits per heavy atom. The van der Waals surface area contributed by atoms with Crippen molar-refractivity contribution in [3.05, 3.63) is 71.6 Å². The van der Waals surface area contributed by atoms with Gasteiger partial charge in [0.1, 0.15) is 11.6 Å². The van der Waals surface area contributed by atoms with E-state index in [0.29, 0.717) is 5.69 Å². The molecule has 26 heavy (non-hydrogen) atoms. The van der Waals surface area contributed by atoms with Gasteiger partial charge in [0, 0.05) is 22.1 Å². The number of nitrogens with zero attached hydrogens (tertiary/aromatic N) is 1. The molecule has 2 aromatic carbocycles. The molecule has 0 aromatic heterocycles. The average Bonchev–Trinajstić information content (AvgIpc) is 2.95. The van der Waals surface area contributed by atoms with Gasteiger partial charge in [0.2, 0.25) is 5.91 Å². The number of thioether (sulfide) groups is 1. The Morgan fingerprint density at radius 2 is 1.88 bits per heavy atom. The maximum Gasteiger partial charge on any atom is 0.237 e. The number of carbonyl (C=O) groups excluding carboxylic acids is 1. The van der Waals surface area contributed by atoms with Gasteiger partial charge in [-0.05, 0) is 30.3 Å². The molecule has 0 N–H and O–H groups in total. The van der Waals surface area contributed by atoms with Gasteiger partial charge >= 0.3 is 0 Å². The van der Waals surface area contributed by atoms with Crippen LogP contribution in [0, 0.1) is 11.6 Å². The van der Waals surface area contributed by atoms with Gasteiger partial charge in [0.25, 0.3) is 0 Å². The molecule has 1 heterocycles. The maximum absolute atomic E-state index is 13.8. The molecule has 0 saturated heterocycles. The van der Waals surface area contributed by atoms with E-state index in [1.54, 1.807) is 30.3 Å². The van der Waals surface area contributed by atoms with Gasteiger partial charge in [0.15, 0.2) is 9.84 Å². The summed E-state index contributed by atoms with van der Waals surface area (Å²) >= 11 is 0.939. The van der Waals surface area contributed by atoms with Crippen LogP contribution < -0.4 is 4.90 Å². The highest BCUT2D eigenvalue weighted by molar-refractivity contribution is 8.00. The number of hydrogen-bond donors (Lipinski definition) is 0. The summed E-state index contributed by atoms with van der Waals surface area (Å²) in [5, 5.41) is 1.10. The van der Waals surface area contributed by atoms with Crippen molar-refractivity contribution >= 4 is 33.2 Å². The van der Waals surface area contributed by atoms with Crippen LogP contribution in [0.3, 0.4) is 0 Å². The van der Waals surface area contributed by atoms with Crippen molar-refractivity contribution in [2.45, 2.75) is 10.9 Å². The zero-order valence-electron chi connectivity index (χ0n) is 13.5. The molecule has 0 saturated carbocycles. The normalized spacial score (nSPS) is 18.0. The summed E-state index contributed by atoms with van der Waals surface area (Å²) in [4.78, 5) is 14.3. The topological polar surface area (TPSA) is 54.5 Å². The second-order valence-electron chi connectivity index (χ2n) is 5.69. The van der Waals surface area contributed by atoms with Crippen molar-refractivity contribution in [1.29, 1.82) is 0 Å². The number of para-hydroxylation sites is 1. The van der Waals surface area contributed by atoms with E-state index in [4.69, 9.17) is 0 Å². The van der Waals surface area contributed by atoms with Gasteiger partial charge in [-0.3, -0.25) is 4.79 Å². The Hall–Kier alpha value is -2.19. The van der Waals surface area contributed by atoms with E-state index < -0.39 is 27.5 Å². The molecule has 0 spiro atoms. The van der Waals surface area contributed by atoms with Crippen LogP contribution in [0.4, 0.5) is 14.5 Å². The Kier molecular flexibility index (Phi) is 5.43. The van der Waals surface area contributed by atoms with Crippen LogP contribution in [0.5, 0.6) is 0 Å². The van der Waals surface area contributed by atoms with Crippen molar-refractivity contribution in [3.8, 4) is 0 Å². The Bertz CT molecular complexity index is 946. The van der Waals surface area contributed by atoms with E-state index in [9.17, 15) is 22.0 Å². The number of carbonyl (C=O) groups is 1. The third-order valence-electron chi connectivity index (χ3n) is 3.79. The molecule has 0 unspecified atom stereocenters. The summed E-state index contributed by atoms with van der Waals surface area (Å²) in [6, 6.07) is 11.2. The van der Waals surface area contributed by atoms with Crippen LogP contribution in [-0.4, -0.2) is 31.9 Å². The molecule has 4 nitrogen and oxygen atoms in total. The van der Waals surface area contributed by atoms with Gasteiger partial charge in [-0.1, -0.05) is 18.2 Å². The highest BCUT2D eigenvalue weighted by Crippen LogP contribution is 2.27. The summed E-state index contributed by atoms with van der Waals surface area (Å²) < 4.78 is 50.2. The Balaban J connectivity index is 1.80. The van der Waals surface area contributed by atoms with Gasteiger partial charge < -0.3 is 4.90 Å². The van der Waals surface area contributed by atoms with Gasteiger partial charge in [-0.25, -0.2) is 17.2 Å². The van der Waals surface area contributed by atoms with Gasteiger partial charge in [-0.15, -0.1) is 11.8 Å². The third kappa shape index (κ3) is 4.31. The van der Waals surface area contributed by atoms with E-state index in [1.807, 2.05) is 0 Å². The highest BCUT2D eigenvalue weighted by atomic mass is 32.2. The zero-order valence-corrected chi connectivity index (χ0v) is 15.1. The maximum atomic E-state index is 13.8. The van der Waals surface area contributed by atoms with Crippen LogP contribution in [-0.2, 0) is 14.6 Å². The molecule has 0 bridgehead atoms. The zero-order chi connectivity index (χ0) is 18.7. The molecule has 136 valence electrons. The summed E-state index contributed by atoms with van der Waals surface area (Å²) in [6.45, 7) is 0. The molecule has 2 aromatic rings. The van der Waals surface area contributed by atoms with Crippen LogP contribution in [0.25, 0.3) is 0 Å². The van der Waals surface area contributed by atoms with Crippen molar-refractivity contribution in [1.82, 2.24) is 0 Å². The number of anilines is 1. The van der Waals surface area contributed by atoms with E-state index in [2.05, 4.69) is 0 Å². The monoisotopic (exact) mass is 395 g/mol. The lowest BCUT2D eigenvalue weighted by Crippen LogP contribution is -2.42. The second-order valence-corrected chi connectivity index (χ2v) is 8.64. The summed E-state index contributed by atoms with van der Waals surface area (Å²) in [7, 11) is -3.34. The first-order valence-corrected chi connectivity index (χ1v) is 10.4. The molecular formula is C18H15F2NO3S2. The first-order chi connectivity index (χ1) is 12.4. The second kappa shape index (κ2) is 7.59. The molecule has 0 fully saturated rings. The summed E-state index contributed by atoms with van der Waals surface area (Å²) in [5.41, 5.74) is 0.560. The van der Waals surface area contributed by atoms with E-state index in [1.165, 1.54) is 17.0 Å². The molecule has 0 aliphatic carbocycles. The van der Waals surface area contributed by atoms with E-state index in [-0.39, 0.29) is 22.3 Å². The minimum atomic E-state index is -3.34. The molecule has 8 heteroatoms. The minimum Gasteiger partial charge on any atom is -0.304 e. The van der Waals surface area contributed by atoms with Crippen molar-refractivity contribution < 1.29 is 22.0 Å². The molecule has 3 rings (SSSR count). The SMILES string of the molecule is O=C(CSc1ccc(F)cc1F)N(c1ccccc1)[C@@H]1C=CS(=O)(=O)C1. The Morgan fingerprint density at radius 1 is 1.15 bits per heavy atom. The average molecular weight is 395 g/mol. The van der Waals surface area contributed by atoms with Crippen molar-refractivity contribution in [2.24, 2.45) is 0 Å². The number of hydrogen-bond acceptors (Lipinski definition) is 4. The standard InChI is InChI=1S/C18H15F2NO3S2/c19-13-6-7-17(16(20)10-13)25-11-18(22)21(14-4-2-1-3-5-14)15-8-9-26(23,24)12-15/h1-10,15H,11-12H2/t15-/m1/s1. The largest absolute Gasteiger partial charge is 0.304 e. The van der Waals surface area contributed by atoms with Gasteiger partial charge in [-0.2, -0.15) is 0 Å². The van der Waals surface area contributed by atoms with Crippen LogP contribution in [0.15, 0.2) is 64.9 Å². The fraction of sp³-hybridized carbons (Fsp3) is 0.167. The smallest absolute Gasteiger partial charge is 0.237 e. The molecule has 1 aliphatic rings. The lowest BCUT2D eigenvalue weighted by Gasteiger charge is -2.27. The van der Waals surface area contributed by atoms with Crippen LogP contribution >= 0.6 is 11.8 Å². The predicted octanol–water partition coefficient (Wildman–Crippen LogP) is 3.40. The van der Waals surface area contributed by atoms with Crippen LogP contribution in [0.2, 0.25) is 0 Å². The number of rotatable bonds is 5. The van der Waals surface area contributed by atoms with Crippen molar-refractivity contribution in [3.63, 3.8) is 0 Å². The number of halogens is 2. The third-order valence-corrected chi connectivity index (χ3v) is 6.20. The lowest BCUT2D eigenvalue weighted by atomic mass is 10.2. The van der Waals surface area contributed by atoms with Crippen molar-refractivity contribution in [2.75, 3.05) is 16.4 Å². The fourth-order valence-corrected chi connectivity index (χ4v) is 4.68.